The van der Waals surface area contributed by atoms with Crippen molar-refractivity contribution in [2.75, 3.05) is 6.26 Å². The first-order valence-electron chi connectivity index (χ1n) is 7.10. The van der Waals surface area contributed by atoms with Crippen LogP contribution < -0.4 is 0 Å². The minimum Gasteiger partial charge on any atom is -0.239 e. The fourth-order valence-electron chi connectivity index (χ4n) is 2.37. The van der Waals surface area contributed by atoms with Gasteiger partial charge in [-0.1, -0.05) is 71.5 Å². The van der Waals surface area contributed by atoms with Crippen LogP contribution in [-0.2, 0) is 0 Å². The highest BCUT2D eigenvalue weighted by Gasteiger charge is 2.15. The van der Waals surface area contributed by atoms with E-state index in [1.165, 1.54) is 10.8 Å². The van der Waals surface area contributed by atoms with Crippen LogP contribution in [-0.4, -0.2) is 11.2 Å². The molecule has 0 amide bonds. The summed E-state index contributed by atoms with van der Waals surface area (Å²) in [5.74, 6) is 0. The number of hydrogen-bond donors (Lipinski definition) is 0. The van der Waals surface area contributed by atoms with Crippen molar-refractivity contribution in [1.29, 1.82) is 5.26 Å². The van der Waals surface area contributed by atoms with Gasteiger partial charge in [-0.15, -0.1) is 0 Å². The van der Waals surface area contributed by atoms with Gasteiger partial charge in [0.05, 0.1) is 11.3 Å². The van der Waals surface area contributed by atoms with E-state index in [0.717, 1.165) is 27.4 Å². The lowest BCUT2D eigenvalue weighted by Gasteiger charge is -2.11. The Morgan fingerprint density at radius 1 is 0.913 bits per heavy atom. The van der Waals surface area contributed by atoms with Crippen molar-refractivity contribution in [2.24, 2.45) is 0 Å². The van der Waals surface area contributed by atoms with Crippen molar-refractivity contribution in [3.05, 3.63) is 72.3 Å². The molecule has 0 aliphatic carbocycles. The molecular formula is C19H14N2S2. The molecule has 0 radical (unpaired) electrons. The van der Waals surface area contributed by atoms with Gasteiger partial charge in [0, 0.05) is 11.1 Å². The van der Waals surface area contributed by atoms with Gasteiger partial charge in [-0.25, -0.2) is 4.98 Å². The molecule has 0 aliphatic heterocycles. The standard InChI is InChI=1S/C19H14N2S2/c1-22-23-19-17(13-20)16(14-8-4-2-5-9-14)12-18(21-19)15-10-6-3-7-11-15/h2-12H,1H3. The molecule has 2 nitrogen and oxygen atoms in total. The highest BCUT2D eigenvalue weighted by molar-refractivity contribution is 8.76. The highest BCUT2D eigenvalue weighted by Crippen LogP contribution is 2.37. The van der Waals surface area contributed by atoms with Crippen LogP contribution in [0.25, 0.3) is 22.4 Å². The second-order valence-electron chi connectivity index (χ2n) is 4.83. The monoisotopic (exact) mass is 334 g/mol. The topological polar surface area (TPSA) is 36.7 Å². The van der Waals surface area contributed by atoms with E-state index in [1.54, 1.807) is 10.8 Å². The van der Waals surface area contributed by atoms with Crippen LogP contribution in [0.5, 0.6) is 0 Å². The molecule has 0 saturated carbocycles. The molecule has 0 saturated heterocycles. The van der Waals surface area contributed by atoms with E-state index in [4.69, 9.17) is 4.98 Å². The number of rotatable bonds is 4. The Labute approximate surface area is 144 Å². The largest absolute Gasteiger partial charge is 0.239 e. The Morgan fingerprint density at radius 2 is 1.52 bits per heavy atom. The van der Waals surface area contributed by atoms with Crippen LogP contribution in [0.3, 0.4) is 0 Å². The Kier molecular flexibility index (Phi) is 5.02. The predicted octanol–water partition coefficient (Wildman–Crippen LogP) is 5.66. The fraction of sp³-hybridized carbons (Fsp3) is 0.0526. The maximum absolute atomic E-state index is 9.64. The predicted molar refractivity (Wildman–Crippen MR) is 99.2 cm³/mol. The van der Waals surface area contributed by atoms with Crippen molar-refractivity contribution in [2.45, 2.75) is 5.03 Å². The van der Waals surface area contributed by atoms with E-state index in [2.05, 4.69) is 6.07 Å². The number of pyridine rings is 1. The summed E-state index contributed by atoms with van der Waals surface area (Å²) >= 11 is 0. The van der Waals surface area contributed by atoms with E-state index < -0.39 is 0 Å². The van der Waals surface area contributed by atoms with Gasteiger partial charge in [0.2, 0.25) is 0 Å². The van der Waals surface area contributed by atoms with Crippen LogP contribution >= 0.6 is 21.6 Å². The van der Waals surface area contributed by atoms with Crippen LogP contribution in [0.4, 0.5) is 0 Å². The van der Waals surface area contributed by atoms with Crippen molar-refractivity contribution >= 4 is 21.6 Å². The molecule has 0 aliphatic rings. The lowest BCUT2D eigenvalue weighted by Crippen LogP contribution is -1.94. The minimum absolute atomic E-state index is 0.634. The molecule has 3 rings (SSSR count). The molecule has 0 atom stereocenters. The number of nitriles is 1. The van der Waals surface area contributed by atoms with Gasteiger partial charge in [-0.3, -0.25) is 0 Å². The molecular weight excluding hydrogens is 320 g/mol. The van der Waals surface area contributed by atoms with E-state index in [9.17, 15) is 5.26 Å². The molecule has 1 heterocycles. The second-order valence-corrected chi connectivity index (χ2v) is 7.22. The van der Waals surface area contributed by atoms with Gasteiger partial charge in [-0.2, -0.15) is 5.26 Å². The van der Waals surface area contributed by atoms with E-state index in [0.29, 0.717) is 5.56 Å². The second kappa shape index (κ2) is 7.36. The Balaban J connectivity index is 2.25. The van der Waals surface area contributed by atoms with Gasteiger partial charge in [-0.05, 0) is 28.7 Å². The molecule has 112 valence electrons. The van der Waals surface area contributed by atoms with Crippen molar-refractivity contribution < 1.29 is 0 Å². The summed E-state index contributed by atoms with van der Waals surface area (Å²) in [6, 6.07) is 24.4. The summed E-state index contributed by atoms with van der Waals surface area (Å²) in [7, 11) is 3.12. The third kappa shape index (κ3) is 3.42. The van der Waals surface area contributed by atoms with Gasteiger partial charge in [0.15, 0.2) is 0 Å². The lowest BCUT2D eigenvalue weighted by atomic mass is 9.99. The Bertz CT molecular complexity index is 840. The first-order valence-corrected chi connectivity index (χ1v) is 9.66. The van der Waals surface area contributed by atoms with Crippen LogP contribution in [0, 0.1) is 11.3 Å². The maximum Gasteiger partial charge on any atom is 0.126 e. The lowest BCUT2D eigenvalue weighted by molar-refractivity contribution is 1.13. The van der Waals surface area contributed by atoms with Crippen LogP contribution in [0.15, 0.2) is 71.8 Å². The number of nitrogens with zero attached hydrogens (tertiary/aromatic N) is 2. The first-order chi connectivity index (χ1) is 11.3. The molecule has 2 aromatic carbocycles. The Hall–Kier alpha value is -2.22. The molecule has 0 spiro atoms. The Morgan fingerprint density at radius 3 is 2.09 bits per heavy atom. The first kappa shape index (κ1) is 15.7. The third-order valence-electron chi connectivity index (χ3n) is 3.41. The minimum atomic E-state index is 0.634. The summed E-state index contributed by atoms with van der Waals surface area (Å²) in [5.41, 5.74) is 4.54. The molecule has 3 aromatic rings. The summed E-state index contributed by atoms with van der Waals surface area (Å²) in [6.45, 7) is 0. The smallest absolute Gasteiger partial charge is 0.126 e. The van der Waals surface area contributed by atoms with E-state index in [-0.39, 0.29) is 0 Å². The molecule has 0 bridgehead atoms. The van der Waals surface area contributed by atoms with Gasteiger partial charge in [0.25, 0.3) is 0 Å². The fourth-order valence-corrected chi connectivity index (χ4v) is 3.74. The highest BCUT2D eigenvalue weighted by atomic mass is 33.1. The van der Waals surface area contributed by atoms with Gasteiger partial charge in [0.1, 0.15) is 11.1 Å². The molecule has 1 aromatic heterocycles. The van der Waals surface area contributed by atoms with Crippen molar-refractivity contribution in [1.82, 2.24) is 4.98 Å². The normalized spacial score (nSPS) is 10.3. The van der Waals surface area contributed by atoms with Gasteiger partial charge < -0.3 is 0 Å². The summed E-state index contributed by atoms with van der Waals surface area (Å²) < 4.78 is 0. The molecule has 0 N–H and O–H groups in total. The zero-order valence-electron chi connectivity index (χ0n) is 12.6. The van der Waals surface area contributed by atoms with Crippen LogP contribution in [0.1, 0.15) is 5.56 Å². The average molecular weight is 334 g/mol. The average Bonchev–Trinajstić information content (AvgIpc) is 2.63. The molecule has 0 fully saturated rings. The zero-order valence-corrected chi connectivity index (χ0v) is 14.2. The van der Waals surface area contributed by atoms with Crippen molar-refractivity contribution in [3.63, 3.8) is 0 Å². The van der Waals surface area contributed by atoms with E-state index >= 15 is 0 Å². The quantitative estimate of drug-likeness (QED) is 0.577. The number of benzene rings is 2. The summed E-state index contributed by atoms with van der Waals surface area (Å²) in [5, 5.41) is 10.4. The molecule has 4 heteroatoms. The number of aromatic nitrogens is 1. The zero-order chi connectivity index (χ0) is 16.1. The van der Waals surface area contributed by atoms with Crippen molar-refractivity contribution in [3.8, 4) is 28.5 Å². The summed E-state index contributed by atoms with van der Waals surface area (Å²) in [6.07, 6.45) is 1.99. The molecule has 23 heavy (non-hydrogen) atoms. The molecule has 0 unspecified atom stereocenters. The SMILES string of the molecule is CSSc1nc(-c2ccccc2)cc(-c2ccccc2)c1C#N. The maximum atomic E-state index is 9.64. The third-order valence-corrected chi connectivity index (χ3v) is 5.01. The van der Waals surface area contributed by atoms with Gasteiger partial charge >= 0.3 is 0 Å². The van der Waals surface area contributed by atoms with E-state index in [1.807, 2.05) is 73.0 Å². The number of hydrogen-bond acceptors (Lipinski definition) is 4. The summed E-state index contributed by atoms with van der Waals surface area (Å²) in [4.78, 5) is 4.71. The van der Waals surface area contributed by atoms with Crippen LogP contribution in [0.2, 0.25) is 0 Å².